The molecule has 2 heterocycles. The lowest BCUT2D eigenvalue weighted by Crippen LogP contribution is -2.11. The van der Waals surface area contributed by atoms with Gasteiger partial charge in [-0.3, -0.25) is 4.79 Å². The summed E-state index contributed by atoms with van der Waals surface area (Å²) in [6.45, 7) is 5.88. The van der Waals surface area contributed by atoms with Gasteiger partial charge < -0.3 is 10.7 Å². The first-order chi connectivity index (χ1) is 6.66. The lowest BCUT2D eigenvalue weighted by molar-refractivity contribution is 0.937. The average molecular weight is 194 g/mol. The number of hydrogen-bond acceptors (Lipinski definition) is 3. The third kappa shape index (κ3) is 1.76. The number of aromatic nitrogens is 3. The van der Waals surface area contributed by atoms with Gasteiger partial charge in [-0.1, -0.05) is 13.8 Å². The molecule has 0 saturated carbocycles. The maximum absolute atomic E-state index is 11.0. The molecule has 0 aromatic carbocycles. The van der Waals surface area contributed by atoms with E-state index < -0.39 is 0 Å². The summed E-state index contributed by atoms with van der Waals surface area (Å²) in [4.78, 5) is 14.0. The minimum absolute atomic E-state index is 0.0199. The van der Waals surface area contributed by atoms with E-state index in [2.05, 4.69) is 10.1 Å². The monoisotopic (exact) mass is 194 g/mol. The topological polar surface area (TPSA) is 76.2 Å². The largest absolute Gasteiger partial charge is 0.379 e. The van der Waals surface area contributed by atoms with Gasteiger partial charge in [0.15, 0.2) is 5.82 Å². The summed E-state index contributed by atoms with van der Waals surface area (Å²) in [5.41, 5.74) is 6.68. The van der Waals surface area contributed by atoms with Crippen LogP contribution in [0.3, 0.4) is 0 Å². The van der Waals surface area contributed by atoms with Crippen LogP contribution in [0.15, 0.2) is 17.1 Å². The molecule has 0 radical (unpaired) electrons. The van der Waals surface area contributed by atoms with Gasteiger partial charge in [0, 0.05) is 18.0 Å². The van der Waals surface area contributed by atoms with Gasteiger partial charge in [0.2, 0.25) is 5.43 Å². The van der Waals surface area contributed by atoms with Crippen molar-refractivity contribution in [2.75, 3.05) is 5.73 Å². The second kappa shape index (κ2) is 3.95. The number of H-pyrrole nitrogens is 1. The molecule has 2 aromatic rings. The van der Waals surface area contributed by atoms with E-state index in [-0.39, 0.29) is 11.2 Å². The van der Waals surface area contributed by atoms with Crippen molar-refractivity contribution >= 4 is 11.5 Å². The molecule has 76 valence electrons. The number of nitrogen functional groups attached to an aromatic ring is 1. The summed E-state index contributed by atoms with van der Waals surface area (Å²) in [5, 5.41) is 3.85. The molecule has 5 nitrogen and oxygen atoms in total. The van der Waals surface area contributed by atoms with Crippen LogP contribution in [0.25, 0.3) is 5.65 Å². The van der Waals surface area contributed by atoms with Gasteiger partial charge in [-0.25, -0.2) is 4.52 Å². The summed E-state index contributed by atoms with van der Waals surface area (Å²) >= 11 is 0. The number of aromatic amines is 1. The molecule has 0 unspecified atom stereocenters. The minimum atomic E-state index is -0.253. The number of aryl methyl sites for hydroxylation is 1. The molecule has 0 atom stereocenters. The second-order valence-corrected chi connectivity index (χ2v) is 2.66. The SMILES string of the molecule is CC.Cc1cn2nc(N)c(=O)cc2[nH]1. The Kier molecular flexibility index (Phi) is 2.91. The van der Waals surface area contributed by atoms with E-state index in [1.165, 1.54) is 6.07 Å². The number of fused-ring (bicyclic) bond motifs is 1. The molecule has 2 aromatic heterocycles. The Morgan fingerprint density at radius 3 is 2.79 bits per heavy atom. The maximum atomic E-state index is 11.0. The fraction of sp³-hybridized carbons (Fsp3) is 0.333. The molecule has 0 fully saturated rings. The highest BCUT2D eigenvalue weighted by molar-refractivity contribution is 5.42. The Balaban J connectivity index is 0.000000461. The van der Waals surface area contributed by atoms with Crippen LogP contribution in [0, 0.1) is 6.92 Å². The molecule has 2 rings (SSSR count). The van der Waals surface area contributed by atoms with Crippen LogP contribution < -0.4 is 11.2 Å². The predicted molar refractivity (Wildman–Crippen MR) is 56.3 cm³/mol. The quantitative estimate of drug-likeness (QED) is 0.655. The lowest BCUT2D eigenvalue weighted by Gasteiger charge is -1.91. The van der Waals surface area contributed by atoms with Crippen molar-refractivity contribution in [3.05, 3.63) is 28.2 Å². The van der Waals surface area contributed by atoms with Crippen LogP contribution in [0.5, 0.6) is 0 Å². The standard InChI is InChI=1S/C7H8N4O.C2H6/c1-4-3-11-6(9-4)2-5(12)7(8)10-11;1-2/h2-3,9H,1H3,(H2,8,10);1-2H3. The Morgan fingerprint density at radius 2 is 2.14 bits per heavy atom. The average Bonchev–Trinajstić information content (AvgIpc) is 2.49. The fourth-order valence-corrected chi connectivity index (χ4v) is 1.09. The zero-order valence-electron chi connectivity index (χ0n) is 8.53. The van der Waals surface area contributed by atoms with Crippen LogP contribution in [-0.4, -0.2) is 14.6 Å². The van der Waals surface area contributed by atoms with Crippen molar-refractivity contribution in [1.29, 1.82) is 0 Å². The highest BCUT2D eigenvalue weighted by Gasteiger charge is 2.00. The Morgan fingerprint density at radius 1 is 1.50 bits per heavy atom. The van der Waals surface area contributed by atoms with Crippen LogP contribution in [-0.2, 0) is 0 Å². The number of anilines is 1. The normalized spacial score (nSPS) is 9.64. The van der Waals surface area contributed by atoms with E-state index in [0.29, 0.717) is 5.65 Å². The highest BCUT2D eigenvalue weighted by atomic mass is 16.1. The van der Waals surface area contributed by atoms with Crippen molar-refractivity contribution in [3.8, 4) is 0 Å². The van der Waals surface area contributed by atoms with Crippen molar-refractivity contribution < 1.29 is 0 Å². The summed E-state index contributed by atoms with van der Waals surface area (Å²) in [6.07, 6.45) is 1.77. The first-order valence-electron chi connectivity index (χ1n) is 4.51. The molecule has 0 aliphatic heterocycles. The molecule has 0 aliphatic carbocycles. The molecule has 0 bridgehead atoms. The third-order valence-electron chi connectivity index (χ3n) is 1.62. The van der Waals surface area contributed by atoms with Crippen molar-refractivity contribution in [2.24, 2.45) is 0 Å². The van der Waals surface area contributed by atoms with Crippen LogP contribution >= 0.6 is 0 Å². The van der Waals surface area contributed by atoms with Crippen LogP contribution in [0.4, 0.5) is 5.82 Å². The van der Waals surface area contributed by atoms with Crippen molar-refractivity contribution in [2.45, 2.75) is 20.8 Å². The molecule has 0 aliphatic rings. The number of hydrogen-bond donors (Lipinski definition) is 2. The Hall–Kier alpha value is -1.78. The molecule has 5 heteroatoms. The highest BCUT2D eigenvalue weighted by Crippen LogP contribution is 1.99. The van der Waals surface area contributed by atoms with Gasteiger partial charge in [-0.05, 0) is 6.92 Å². The van der Waals surface area contributed by atoms with Gasteiger partial charge >= 0.3 is 0 Å². The second-order valence-electron chi connectivity index (χ2n) is 2.66. The van der Waals surface area contributed by atoms with E-state index in [9.17, 15) is 4.79 Å². The van der Waals surface area contributed by atoms with Crippen molar-refractivity contribution in [3.63, 3.8) is 0 Å². The molecular weight excluding hydrogens is 180 g/mol. The summed E-state index contributed by atoms with van der Waals surface area (Å²) in [6, 6.07) is 1.43. The van der Waals surface area contributed by atoms with E-state index in [4.69, 9.17) is 5.73 Å². The van der Waals surface area contributed by atoms with Gasteiger partial charge in [-0.2, -0.15) is 0 Å². The molecule has 14 heavy (non-hydrogen) atoms. The number of nitrogens with two attached hydrogens (primary N) is 1. The number of nitrogens with zero attached hydrogens (tertiary/aromatic N) is 2. The third-order valence-corrected chi connectivity index (χ3v) is 1.62. The first-order valence-corrected chi connectivity index (χ1v) is 4.51. The van der Waals surface area contributed by atoms with Crippen molar-refractivity contribution in [1.82, 2.24) is 14.6 Å². The zero-order chi connectivity index (χ0) is 10.7. The first kappa shape index (κ1) is 10.3. The molecule has 0 saturated heterocycles. The number of nitrogens with one attached hydrogen (secondary N) is 1. The van der Waals surface area contributed by atoms with Gasteiger partial charge in [0.05, 0.1) is 0 Å². The smallest absolute Gasteiger partial charge is 0.226 e. The molecule has 0 spiro atoms. The lowest BCUT2D eigenvalue weighted by atomic mass is 10.5. The Bertz CT molecular complexity index is 483. The summed E-state index contributed by atoms with van der Waals surface area (Å²) in [5.74, 6) is 0.0199. The summed E-state index contributed by atoms with van der Waals surface area (Å²) < 4.78 is 1.55. The predicted octanol–water partition coefficient (Wildman–Crippen LogP) is 0.939. The molecular formula is C9H14N4O. The maximum Gasteiger partial charge on any atom is 0.226 e. The van der Waals surface area contributed by atoms with E-state index in [1.807, 2.05) is 20.8 Å². The van der Waals surface area contributed by atoms with Crippen LogP contribution in [0.1, 0.15) is 19.5 Å². The van der Waals surface area contributed by atoms with E-state index in [0.717, 1.165) is 5.69 Å². The van der Waals surface area contributed by atoms with Crippen LogP contribution in [0.2, 0.25) is 0 Å². The minimum Gasteiger partial charge on any atom is -0.379 e. The zero-order valence-corrected chi connectivity index (χ0v) is 8.53. The number of imidazole rings is 1. The van der Waals surface area contributed by atoms with E-state index >= 15 is 0 Å². The molecule has 0 amide bonds. The molecule has 3 N–H and O–H groups in total. The van der Waals surface area contributed by atoms with E-state index in [1.54, 1.807) is 10.7 Å². The Labute approximate surface area is 81.6 Å². The number of rotatable bonds is 0. The fourth-order valence-electron chi connectivity index (χ4n) is 1.09. The van der Waals surface area contributed by atoms with Gasteiger partial charge in [0.25, 0.3) is 0 Å². The summed E-state index contributed by atoms with van der Waals surface area (Å²) in [7, 11) is 0. The van der Waals surface area contributed by atoms with Gasteiger partial charge in [0.1, 0.15) is 5.65 Å². The van der Waals surface area contributed by atoms with Gasteiger partial charge in [-0.15, -0.1) is 5.10 Å².